The molecule has 1 fully saturated rings. The number of amides is 1. The van der Waals surface area contributed by atoms with Crippen LogP contribution in [0.1, 0.15) is 41.8 Å². The van der Waals surface area contributed by atoms with Crippen molar-refractivity contribution < 1.29 is 19.8 Å². The number of rotatable bonds is 4. The second-order valence-corrected chi connectivity index (χ2v) is 6.19. The van der Waals surface area contributed by atoms with E-state index >= 15 is 0 Å². The van der Waals surface area contributed by atoms with Crippen LogP contribution >= 0.6 is 0 Å². The number of aromatic nitrogens is 1. The average molecular weight is 294 g/mol. The van der Waals surface area contributed by atoms with E-state index in [0.717, 1.165) is 25.9 Å². The van der Waals surface area contributed by atoms with E-state index in [4.69, 9.17) is 0 Å². The molecule has 0 spiro atoms. The molecule has 1 aromatic heterocycles. The molecule has 1 aliphatic heterocycles. The van der Waals surface area contributed by atoms with Crippen molar-refractivity contribution >= 4 is 11.8 Å². The summed E-state index contributed by atoms with van der Waals surface area (Å²) in [6, 6.07) is 1.58. The van der Waals surface area contributed by atoms with Gasteiger partial charge in [-0.15, -0.1) is 0 Å². The van der Waals surface area contributed by atoms with E-state index < -0.39 is 17.4 Å². The maximum absolute atomic E-state index is 12.2. The van der Waals surface area contributed by atoms with Crippen LogP contribution in [0.3, 0.4) is 0 Å². The Kier molecular flexibility index (Phi) is 4.49. The molecule has 0 bridgehead atoms. The maximum atomic E-state index is 12.2. The van der Waals surface area contributed by atoms with Gasteiger partial charge in [0.25, 0.3) is 11.8 Å². The van der Waals surface area contributed by atoms with Crippen LogP contribution in [0.5, 0.6) is 0 Å². The Morgan fingerprint density at radius 2 is 1.95 bits per heavy atom. The van der Waals surface area contributed by atoms with Crippen molar-refractivity contribution in [3.63, 3.8) is 0 Å². The van der Waals surface area contributed by atoms with E-state index in [9.17, 15) is 19.8 Å². The molecule has 1 amide bonds. The third-order valence-electron chi connectivity index (χ3n) is 3.97. The molecule has 2 heterocycles. The van der Waals surface area contributed by atoms with Gasteiger partial charge >= 0.3 is 0 Å². The van der Waals surface area contributed by atoms with Crippen LogP contribution in [-0.2, 0) is 0 Å². The van der Waals surface area contributed by atoms with E-state index in [-0.39, 0.29) is 12.5 Å². The van der Waals surface area contributed by atoms with Crippen molar-refractivity contribution in [3.05, 3.63) is 24.0 Å². The van der Waals surface area contributed by atoms with Crippen LogP contribution in [0.15, 0.2) is 18.5 Å². The zero-order valence-corrected chi connectivity index (χ0v) is 12.5. The highest BCUT2D eigenvalue weighted by Crippen LogP contribution is 2.21. The molecule has 0 aromatic carbocycles. The first-order chi connectivity index (χ1) is 9.86. The van der Waals surface area contributed by atoms with Crippen molar-refractivity contribution in [2.24, 2.45) is 5.41 Å². The van der Waals surface area contributed by atoms with Gasteiger partial charge in [0.15, 0.2) is 0 Å². The summed E-state index contributed by atoms with van der Waals surface area (Å²) >= 11 is 0. The van der Waals surface area contributed by atoms with Gasteiger partial charge in [-0.05, 0) is 18.9 Å². The van der Waals surface area contributed by atoms with Crippen LogP contribution in [-0.4, -0.2) is 57.3 Å². The molecule has 0 radical (unpaired) electrons. The standard InChI is InChI=1S/C15H22N2O4/c1-15(2,10-18)12(19)14(21)17-8-5-11(9-17)13(20)16-6-3-4-7-16/h5,8-9,12,18-19H,3-4,6-7,10H2,1-2H3/t12-/m0/s1. The minimum absolute atomic E-state index is 0.0880. The van der Waals surface area contributed by atoms with E-state index in [1.807, 2.05) is 0 Å². The molecule has 0 unspecified atom stereocenters. The van der Waals surface area contributed by atoms with E-state index in [0.29, 0.717) is 5.56 Å². The quantitative estimate of drug-likeness (QED) is 0.858. The fraction of sp³-hybridized carbons (Fsp3) is 0.600. The number of aliphatic hydroxyl groups excluding tert-OH is 2. The van der Waals surface area contributed by atoms with E-state index in [1.165, 1.54) is 17.0 Å². The fourth-order valence-corrected chi connectivity index (χ4v) is 2.32. The predicted octanol–water partition coefficient (Wildman–Crippen LogP) is 0.744. The first-order valence-electron chi connectivity index (χ1n) is 7.17. The van der Waals surface area contributed by atoms with Crippen molar-refractivity contribution in [3.8, 4) is 0 Å². The normalized spacial score (nSPS) is 17.0. The molecule has 6 nitrogen and oxygen atoms in total. The molecule has 1 saturated heterocycles. The van der Waals surface area contributed by atoms with Crippen molar-refractivity contribution in [2.45, 2.75) is 32.8 Å². The largest absolute Gasteiger partial charge is 0.396 e. The lowest BCUT2D eigenvalue weighted by Crippen LogP contribution is -2.41. The molecule has 1 atom stereocenters. The molecule has 2 N–H and O–H groups in total. The zero-order chi connectivity index (χ0) is 15.6. The molecule has 0 saturated carbocycles. The number of hydrogen-bond donors (Lipinski definition) is 2. The van der Waals surface area contributed by atoms with Crippen LogP contribution in [0.25, 0.3) is 0 Å². The highest BCUT2D eigenvalue weighted by atomic mass is 16.3. The van der Waals surface area contributed by atoms with Crippen LogP contribution in [0, 0.1) is 5.41 Å². The Morgan fingerprint density at radius 1 is 1.33 bits per heavy atom. The Morgan fingerprint density at radius 3 is 2.52 bits per heavy atom. The smallest absolute Gasteiger partial charge is 0.260 e. The lowest BCUT2D eigenvalue weighted by atomic mass is 9.87. The van der Waals surface area contributed by atoms with Gasteiger partial charge in [-0.2, -0.15) is 0 Å². The number of aliphatic hydroxyl groups is 2. The number of carbonyl (C=O) groups excluding carboxylic acids is 2. The zero-order valence-electron chi connectivity index (χ0n) is 12.5. The van der Waals surface area contributed by atoms with Gasteiger partial charge in [-0.3, -0.25) is 14.2 Å². The Bertz CT molecular complexity index is 530. The average Bonchev–Trinajstić information content (AvgIpc) is 3.15. The van der Waals surface area contributed by atoms with Gasteiger partial charge in [0.05, 0.1) is 12.2 Å². The Balaban J connectivity index is 2.12. The highest BCUT2D eigenvalue weighted by Gasteiger charge is 2.34. The first kappa shape index (κ1) is 15.7. The van der Waals surface area contributed by atoms with Crippen molar-refractivity contribution in [1.29, 1.82) is 0 Å². The topological polar surface area (TPSA) is 82.8 Å². The van der Waals surface area contributed by atoms with Gasteiger partial charge in [0, 0.05) is 30.9 Å². The molecule has 21 heavy (non-hydrogen) atoms. The Labute approximate surface area is 124 Å². The third-order valence-corrected chi connectivity index (χ3v) is 3.97. The summed E-state index contributed by atoms with van der Waals surface area (Å²) in [5, 5.41) is 19.2. The van der Waals surface area contributed by atoms with E-state index in [2.05, 4.69) is 0 Å². The maximum Gasteiger partial charge on any atom is 0.260 e. The SMILES string of the molecule is CC(C)(CO)[C@@H](O)C(=O)n1ccc(C(=O)N2CCCC2)c1. The summed E-state index contributed by atoms with van der Waals surface area (Å²) in [7, 11) is 0. The number of nitrogens with zero attached hydrogens (tertiary/aromatic N) is 2. The van der Waals surface area contributed by atoms with Gasteiger partial charge in [-0.1, -0.05) is 13.8 Å². The number of hydrogen-bond acceptors (Lipinski definition) is 4. The number of carbonyl (C=O) groups is 2. The molecular weight excluding hydrogens is 272 g/mol. The third kappa shape index (κ3) is 3.16. The second kappa shape index (κ2) is 5.99. The van der Waals surface area contributed by atoms with Gasteiger partial charge < -0.3 is 15.1 Å². The molecule has 1 aliphatic rings. The van der Waals surface area contributed by atoms with E-state index in [1.54, 1.807) is 24.8 Å². The minimum atomic E-state index is -1.33. The second-order valence-electron chi connectivity index (χ2n) is 6.19. The highest BCUT2D eigenvalue weighted by molar-refractivity contribution is 5.95. The summed E-state index contributed by atoms with van der Waals surface area (Å²) in [5.74, 6) is -0.635. The molecule has 2 rings (SSSR count). The van der Waals surface area contributed by atoms with Gasteiger partial charge in [0.2, 0.25) is 0 Å². The van der Waals surface area contributed by atoms with Crippen molar-refractivity contribution in [1.82, 2.24) is 9.47 Å². The molecule has 116 valence electrons. The molecule has 1 aromatic rings. The van der Waals surface area contributed by atoms with Crippen LogP contribution in [0.2, 0.25) is 0 Å². The van der Waals surface area contributed by atoms with Gasteiger partial charge in [-0.25, -0.2) is 0 Å². The van der Waals surface area contributed by atoms with Crippen LogP contribution < -0.4 is 0 Å². The van der Waals surface area contributed by atoms with Crippen molar-refractivity contribution in [2.75, 3.05) is 19.7 Å². The summed E-state index contributed by atoms with van der Waals surface area (Å²) in [4.78, 5) is 26.2. The van der Waals surface area contributed by atoms with Crippen LogP contribution in [0.4, 0.5) is 0 Å². The fourth-order valence-electron chi connectivity index (χ4n) is 2.32. The lowest BCUT2D eigenvalue weighted by Gasteiger charge is -2.26. The first-order valence-corrected chi connectivity index (χ1v) is 7.17. The molecule has 6 heteroatoms. The van der Waals surface area contributed by atoms with Gasteiger partial charge in [0.1, 0.15) is 6.10 Å². The molecule has 0 aliphatic carbocycles. The summed E-state index contributed by atoms with van der Waals surface area (Å²) < 4.78 is 1.21. The summed E-state index contributed by atoms with van der Waals surface area (Å²) in [6.45, 7) is 4.40. The predicted molar refractivity (Wildman–Crippen MR) is 77.1 cm³/mol. The summed E-state index contributed by atoms with van der Waals surface area (Å²) in [6.07, 6.45) is 3.61. The minimum Gasteiger partial charge on any atom is -0.396 e. The lowest BCUT2D eigenvalue weighted by molar-refractivity contribution is 0.00641. The Hall–Kier alpha value is -1.66. The number of likely N-dealkylation sites (tertiary alicyclic amines) is 1. The monoisotopic (exact) mass is 294 g/mol. The molecular formula is C15H22N2O4. The summed E-state index contributed by atoms with van der Waals surface area (Å²) in [5.41, 5.74) is -0.486.